The van der Waals surface area contributed by atoms with E-state index in [1.807, 2.05) is 6.07 Å². The Hall–Kier alpha value is -1.31. The highest BCUT2D eigenvalue weighted by atomic mass is 16.4. The van der Waals surface area contributed by atoms with Gasteiger partial charge in [0.15, 0.2) is 0 Å². The minimum atomic E-state index is -0.764. The van der Waals surface area contributed by atoms with Crippen LogP contribution in [0.1, 0.15) is 149 Å². The summed E-state index contributed by atoms with van der Waals surface area (Å²) in [7, 11) is 0. The maximum Gasteiger partial charge on any atom is 0.335 e. The van der Waals surface area contributed by atoms with Gasteiger partial charge in [0, 0.05) is 0 Å². The molecule has 0 spiro atoms. The van der Waals surface area contributed by atoms with Gasteiger partial charge in [-0.05, 0) is 67.9 Å². The molecule has 178 valence electrons. The molecule has 2 nitrogen and oxygen atoms in total. The van der Waals surface area contributed by atoms with E-state index in [0.29, 0.717) is 5.56 Å². The average Bonchev–Trinajstić information content (AvgIpc) is 2.74. The predicted molar refractivity (Wildman–Crippen MR) is 136 cm³/mol. The molecule has 0 bridgehead atoms. The third-order valence-corrected chi connectivity index (χ3v) is 6.86. The smallest absolute Gasteiger partial charge is 0.335 e. The average molecular weight is 431 g/mol. The van der Waals surface area contributed by atoms with Gasteiger partial charge in [0.25, 0.3) is 0 Å². The first-order valence-electron chi connectivity index (χ1n) is 13.4. The Bertz CT molecular complexity index is 618. The summed E-state index contributed by atoms with van der Waals surface area (Å²) in [4.78, 5) is 11.9. The van der Waals surface area contributed by atoms with Gasteiger partial charge in [-0.2, -0.15) is 0 Å². The van der Waals surface area contributed by atoms with Gasteiger partial charge in [0.2, 0.25) is 0 Å². The molecule has 0 aliphatic carbocycles. The summed E-state index contributed by atoms with van der Waals surface area (Å²) in [5, 5.41) is 9.76. The molecule has 0 amide bonds. The fraction of sp³-hybridized carbons (Fsp3) is 0.759. The van der Waals surface area contributed by atoms with Crippen LogP contribution in [0.5, 0.6) is 0 Å². The van der Waals surface area contributed by atoms with Crippen molar-refractivity contribution in [2.75, 3.05) is 0 Å². The van der Waals surface area contributed by atoms with Crippen molar-refractivity contribution in [2.24, 2.45) is 0 Å². The molecule has 1 aromatic carbocycles. The quantitative estimate of drug-likeness (QED) is 0.222. The van der Waals surface area contributed by atoms with Crippen LogP contribution in [0, 0.1) is 13.8 Å². The van der Waals surface area contributed by atoms with E-state index in [0.717, 1.165) is 30.4 Å². The van der Waals surface area contributed by atoms with E-state index >= 15 is 0 Å². The van der Waals surface area contributed by atoms with Crippen molar-refractivity contribution in [3.05, 3.63) is 33.9 Å². The Kier molecular flexibility index (Phi) is 15.4. The molecular weight excluding hydrogens is 380 g/mol. The molecule has 0 saturated heterocycles. The molecule has 0 unspecified atom stereocenters. The Morgan fingerprint density at radius 3 is 1.45 bits per heavy atom. The molecule has 2 heteroatoms. The van der Waals surface area contributed by atoms with E-state index in [1.54, 1.807) is 0 Å². The Morgan fingerprint density at radius 1 is 0.645 bits per heavy atom. The second-order valence-electron chi connectivity index (χ2n) is 9.58. The van der Waals surface area contributed by atoms with Crippen LogP contribution in [0.25, 0.3) is 0 Å². The van der Waals surface area contributed by atoms with Gasteiger partial charge in [-0.1, -0.05) is 104 Å². The first-order chi connectivity index (χ1) is 15.0. The summed E-state index contributed by atoms with van der Waals surface area (Å²) in [6, 6.07) is 1.94. The van der Waals surface area contributed by atoms with Crippen LogP contribution in [0.4, 0.5) is 0 Å². The SMILES string of the molecule is CCCCCCCCCCc1c(C)cc(C(=O)O)c(CCCCCCCCCC)c1C. The lowest BCUT2D eigenvalue weighted by Crippen LogP contribution is -2.09. The van der Waals surface area contributed by atoms with Crippen LogP contribution in [0.3, 0.4) is 0 Å². The molecule has 0 aliphatic rings. The maximum absolute atomic E-state index is 11.9. The van der Waals surface area contributed by atoms with E-state index in [4.69, 9.17) is 0 Å². The first kappa shape index (κ1) is 27.7. The van der Waals surface area contributed by atoms with Crippen molar-refractivity contribution in [3.63, 3.8) is 0 Å². The standard InChI is InChI=1S/C29H50O2/c1-5-7-9-11-13-15-17-19-21-26-24(3)23-28(29(30)31)27(25(26)4)22-20-18-16-14-12-10-8-6-2/h23H,5-22H2,1-4H3,(H,30,31). The van der Waals surface area contributed by atoms with E-state index in [2.05, 4.69) is 27.7 Å². The summed E-state index contributed by atoms with van der Waals surface area (Å²) in [6.07, 6.45) is 22.9. The Morgan fingerprint density at radius 2 is 1.03 bits per heavy atom. The summed E-state index contributed by atoms with van der Waals surface area (Å²) in [6.45, 7) is 8.79. The number of carbonyl (C=O) groups is 1. The van der Waals surface area contributed by atoms with Crippen LogP contribution in [-0.4, -0.2) is 11.1 Å². The number of hydrogen-bond acceptors (Lipinski definition) is 1. The molecule has 0 aliphatic heterocycles. The van der Waals surface area contributed by atoms with E-state index < -0.39 is 5.97 Å². The van der Waals surface area contributed by atoms with Gasteiger partial charge in [0.1, 0.15) is 0 Å². The third kappa shape index (κ3) is 11.2. The topological polar surface area (TPSA) is 37.3 Å². The maximum atomic E-state index is 11.9. The molecule has 0 aromatic heterocycles. The van der Waals surface area contributed by atoms with Crippen LogP contribution < -0.4 is 0 Å². The highest BCUT2D eigenvalue weighted by molar-refractivity contribution is 5.90. The monoisotopic (exact) mass is 430 g/mol. The zero-order valence-electron chi connectivity index (χ0n) is 21.2. The van der Waals surface area contributed by atoms with Gasteiger partial charge in [-0.3, -0.25) is 0 Å². The van der Waals surface area contributed by atoms with E-state index in [1.165, 1.54) is 107 Å². The highest BCUT2D eigenvalue weighted by Gasteiger charge is 2.17. The summed E-state index contributed by atoms with van der Waals surface area (Å²) in [5.74, 6) is -0.764. The molecule has 0 fully saturated rings. The number of rotatable bonds is 19. The zero-order valence-corrected chi connectivity index (χ0v) is 21.2. The molecule has 0 saturated carbocycles. The molecule has 31 heavy (non-hydrogen) atoms. The minimum absolute atomic E-state index is 0.539. The molecular formula is C29H50O2. The van der Waals surface area contributed by atoms with Crippen molar-refractivity contribution in [1.82, 2.24) is 0 Å². The number of aromatic carboxylic acids is 1. The second-order valence-corrected chi connectivity index (χ2v) is 9.58. The molecule has 0 radical (unpaired) electrons. The van der Waals surface area contributed by atoms with Gasteiger partial charge >= 0.3 is 5.97 Å². The number of carboxylic acids is 1. The normalized spacial score (nSPS) is 11.2. The second kappa shape index (κ2) is 17.3. The largest absolute Gasteiger partial charge is 0.478 e. The predicted octanol–water partition coefficient (Wildman–Crippen LogP) is 9.37. The fourth-order valence-electron chi connectivity index (χ4n) is 4.84. The molecule has 1 aromatic rings. The van der Waals surface area contributed by atoms with Gasteiger partial charge < -0.3 is 5.11 Å². The van der Waals surface area contributed by atoms with Crippen molar-refractivity contribution < 1.29 is 9.90 Å². The van der Waals surface area contributed by atoms with Gasteiger partial charge in [0.05, 0.1) is 5.56 Å². The van der Waals surface area contributed by atoms with E-state index in [-0.39, 0.29) is 0 Å². The molecule has 0 atom stereocenters. The molecule has 1 N–H and O–H groups in total. The van der Waals surface area contributed by atoms with Crippen molar-refractivity contribution in [2.45, 2.75) is 143 Å². The van der Waals surface area contributed by atoms with Crippen LogP contribution in [0.2, 0.25) is 0 Å². The third-order valence-electron chi connectivity index (χ3n) is 6.86. The number of unbranched alkanes of at least 4 members (excludes halogenated alkanes) is 14. The summed E-state index contributed by atoms with van der Waals surface area (Å²) < 4.78 is 0. The van der Waals surface area contributed by atoms with Crippen molar-refractivity contribution in [3.8, 4) is 0 Å². The minimum Gasteiger partial charge on any atom is -0.478 e. The lowest BCUT2D eigenvalue weighted by atomic mass is 9.87. The number of carboxylic acid groups (broad SMARTS) is 1. The number of aryl methyl sites for hydroxylation is 1. The van der Waals surface area contributed by atoms with E-state index in [9.17, 15) is 9.90 Å². The lowest BCUT2D eigenvalue weighted by Gasteiger charge is -2.18. The number of hydrogen-bond donors (Lipinski definition) is 1. The molecule has 1 rings (SSSR count). The number of benzene rings is 1. The van der Waals surface area contributed by atoms with Crippen molar-refractivity contribution >= 4 is 5.97 Å². The fourth-order valence-corrected chi connectivity index (χ4v) is 4.84. The summed E-state index contributed by atoms with van der Waals surface area (Å²) >= 11 is 0. The van der Waals surface area contributed by atoms with Gasteiger partial charge in [-0.25, -0.2) is 4.79 Å². The van der Waals surface area contributed by atoms with Crippen LogP contribution in [-0.2, 0) is 12.8 Å². The van der Waals surface area contributed by atoms with Crippen LogP contribution >= 0.6 is 0 Å². The Balaban J connectivity index is 2.55. The zero-order chi connectivity index (χ0) is 22.9. The first-order valence-corrected chi connectivity index (χ1v) is 13.4. The summed E-state index contributed by atoms with van der Waals surface area (Å²) in [5.41, 5.74) is 5.46. The lowest BCUT2D eigenvalue weighted by molar-refractivity contribution is 0.0695. The van der Waals surface area contributed by atoms with Crippen LogP contribution in [0.15, 0.2) is 6.07 Å². The Labute approximate surface area is 193 Å². The molecule has 0 heterocycles. The van der Waals surface area contributed by atoms with Crippen molar-refractivity contribution in [1.29, 1.82) is 0 Å². The highest BCUT2D eigenvalue weighted by Crippen LogP contribution is 2.27. The van der Waals surface area contributed by atoms with Gasteiger partial charge in [-0.15, -0.1) is 0 Å².